The number of aromatic nitrogens is 1. The summed E-state index contributed by atoms with van der Waals surface area (Å²) in [6.45, 7) is 7.43. The van der Waals surface area contributed by atoms with Crippen LogP contribution in [-0.2, 0) is 19.1 Å². The number of esters is 1. The first-order chi connectivity index (χ1) is 16.9. The highest BCUT2D eigenvalue weighted by atomic mass is 32.1. The summed E-state index contributed by atoms with van der Waals surface area (Å²) in [6.07, 6.45) is 1.40. The molecule has 9 heteroatoms. The zero-order valence-corrected chi connectivity index (χ0v) is 22.4. The number of hydrogen-bond donors (Lipinski definition) is 2. The van der Waals surface area contributed by atoms with E-state index in [1.54, 1.807) is 12.3 Å². The molecule has 0 radical (unpaired) electrons. The number of carbonyl (C=O) groups excluding carboxylic acids is 2. The minimum atomic E-state index is -1.25. The fourth-order valence-corrected chi connectivity index (χ4v) is 6.38. The molecule has 4 rings (SSSR count). The lowest BCUT2D eigenvalue weighted by atomic mass is 9.58. The number of thiazole rings is 1. The Hall–Kier alpha value is -1.68. The number of carbonyl (C=O) groups is 2. The van der Waals surface area contributed by atoms with Gasteiger partial charge < -0.3 is 19.7 Å². The lowest BCUT2D eigenvalue weighted by Crippen LogP contribution is -2.53. The van der Waals surface area contributed by atoms with Gasteiger partial charge in [-0.1, -0.05) is 26.7 Å². The summed E-state index contributed by atoms with van der Waals surface area (Å²) in [6, 6.07) is 0. The molecule has 0 amide bonds. The number of rotatable bonds is 2. The van der Waals surface area contributed by atoms with Crippen LogP contribution in [0.5, 0.6) is 0 Å². The van der Waals surface area contributed by atoms with Gasteiger partial charge in [0.25, 0.3) is 0 Å². The van der Waals surface area contributed by atoms with E-state index in [0.717, 1.165) is 30.7 Å². The van der Waals surface area contributed by atoms with Crippen LogP contribution in [0.3, 0.4) is 0 Å². The Bertz CT molecular complexity index is 1010. The number of ether oxygens (including phenoxy) is 2. The number of fused-ring (bicyclic) bond motifs is 1. The minimum absolute atomic E-state index is 0.105. The van der Waals surface area contributed by atoms with E-state index in [2.05, 4.69) is 4.98 Å². The van der Waals surface area contributed by atoms with Crippen LogP contribution in [0.1, 0.15) is 82.8 Å². The van der Waals surface area contributed by atoms with Gasteiger partial charge in [-0.3, -0.25) is 9.59 Å². The second-order valence-electron chi connectivity index (χ2n) is 11.2. The average Bonchev–Trinajstić information content (AvgIpc) is 3.22. The van der Waals surface area contributed by atoms with Crippen LogP contribution in [0.2, 0.25) is 0 Å². The summed E-state index contributed by atoms with van der Waals surface area (Å²) < 4.78 is 26.8. The quantitative estimate of drug-likeness (QED) is 0.433. The van der Waals surface area contributed by atoms with Gasteiger partial charge >= 0.3 is 5.97 Å². The van der Waals surface area contributed by atoms with Crippen molar-refractivity contribution in [2.75, 3.05) is 0 Å². The second-order valence-corrected chi connectivity index (χ2v) is 12.3. The summed E-state index contributed by atoms with van der Waals surface area (Å²) in [5.74, 6) is -2.36. The van der Waals surface area contributed by atoms with Gasteiger partial charge in [0.2, 0.25) is 0 Å². The van der Waals surface area contributed by atoms with Gasteiger partial charge in [-0.15, -0.1) is 11.3 Å². The number of aryl methyl sites for hydroxylation is 1. The molecule has 0 aromatic carbocycles. The minimum Gasteiger partial charge on any atom is -0.455 e. The second kappa shape index (κ2) is 10.6. The third kappa shape index (κ3) is 5.59. The summed E-state index contributed by atoms with van der Waals surface area (Å²) in [5.41, 5.74) is -1.07. The Morgan fingerprint density at radius 1 is 1.22 bits per heavy atom. The fourth-order valence-electron chi connectivity index (χ4n) is 5.81. The van der Waals surface area contributed by atoms with Crippen molar-refractivity contribution in [3.8, 4) is 0 Å². The van der Waals surface area contributed by atoms with Crippen molar-refractivity contribution in [1.82, 2.24) is 4.98 Å². The molecule has 0 bridgehead atoms. The standard InChI is InChI=1S/C27H38FNO6S/c1-15-7-5-8-26(4)22(35-26)12-20(19(28)11-18-14-36-17(3)29-18)34-23(31)13-21(30)27(9-6-10-27)25(33)16(2)24(15)32/h11,14-16,20-22,24,30,32H,5-10,12-13H2,1-4H3/b19-11-/t15-,16+,20-,21+,22?,24-,26?/m0/s1. The van der Waals surface area contributed by atoms with Crippen molar-refractivity contribution >= 4 is 29.2 Å². The zero-order chi connectivity index (χ0) is 26.3. The molecule has 1 spiro atoms. The number of nitrogens with zero attached hydrogens (tertiary/aromatic N) is 1. The number of epoxide rings is 1. The molecule has 3 heterocycles. The molecule has 1 aliphatic carbocycles. The van der Waals surface area contributed by atoms with E-state index in [1.165, 1.54) is 17.4 Å². The summed E-state index contributed by atoms with van der Waals surface area (Å²) in [5, 5.41) is 24.5. The number of halogens is 1. The molecular weight excluding hydrogens is 485 g/mol. The number of aliphatic hydroxyl groups is 2. The van der Waals surface area contributed by atoms with Crippen molar-refractivity contribution < 1.29 is 33.7 Å². The number of hydrogen-bond acceptors (Lipinski definition) is 8. The van der Waals surface area contributed by atoms with Crippen molar-refractivity contribution in [3.63, 3.8) is 0 Å². The average molecular weight is 524 g/mol. The molecule has 7 nitrogen and oxygen atoms in total. The van der Waals surface area contributed by atoms with Crippen LogP contribution in [0, 0.1) is 24.2 Å². The Balaban J connectivity index is 1.58. The van der Waals surface area contributed by atoms with Gasteiger partial charge in [-0.2, -0.15) is 0 Å². The van der Waals surface area contributed by atoms with E-state index in [-0.39, 0.29) is 24.2 Å². The third-order valence-corrected chi connectivity index (χ3v) is 9.33. The van der Waals surface area contributed by atoms with Crippen LogP contribution < -0.4 is 0 Å². The number of aliphatic hydroxyl groups excluding tert-OH is 2. The maximum absolute atomic E-state index is 15.3. The molecule has 1 aromatic rings. The van der Waals surface area contributed by atoms with E-state index >= 15 is 4.39 Å². The van der Waals surface area contributed by atoms with Crippen LogP contribution in [0.15, 0.2) is 11.2 Å². The first-order valence-electron chi connectivity index (χ1n) is 13.0. The molecule has 1 saturated carbocycles. The summed E-state index contributed by atoms with van der Waals surface area (Å²) in [4.78, 5) is 30.6. The topological polar surface area (TPSA) is 109 Å². The Morgan fingerprint density at radius 3 is 2.56 bits per heavy atom. The number of cyclic esters (lactones) is 1. The highest BCUT2D eigenvalue weighted by molar-refractivity contribution is 7.09. The van der Waals surface area contributed by atoms with Gasteiger partial charge in [0, 0.05) is 17.7 Å². The van der Waals surface area contributed by atoms with Crippen molar-refractivity contribution in [3.05, 3.63) is 21.9 Å². The Labute approximate surface area is 216 Å². The lowest BCUT2D eigenvalue weighted by molar-refractivity contribution is -0.162. The van der Waals surface area contributed by atoms with Crippen molar-refractivity contribution in [2.24, 2.45) is 17.3 Å². The monoisotopic (exact) mass is 523 g/mol. The highest BCUT2D eigenvalue weighted by Crippen LogP contribution is 2.49. The molecule has 1 aromatic heterocycles. The first-order valence-corrected chi connectivity index (χ1v) is 13.9. The van der Waals surface area contributed by atoms with Crippen molar-refractivity contribution in [1.29, 1.82) is 0 Å². The molecule has 2 saturated heterocycles. The summed E-state index contributed by atoms with van der Waals surface area (Å²) >= 11 is 1.40. The van der Waals surface area contributed by atoms with Crippen LogP contribution in [-0.4, -0.2) is 57.0 Å². The van der Waals surface area contributed by atoms with Crippen molar-refractivity contribution in [2.45, 2.75) is 109 Å². The first kappa shape index (κ1) is 27.4. The molecule has 2 unspecified atom stereocenters. The van der Waals surface area contributed by atoms with Crippen LogP contribution in [0.25, 0.3) is 6.08 Å². The number of Topliss-reactive ketones (excluding diaryl/α,β-unsaturated/α-hetero) is 1. The molecule has 2 N–H and O–H groups in total. The van der Waals surface area contributed by atoms with Gasteiger partial charge in [0.15, 0.2) is 6.10 Å². The Kier molecular flexibility index (Phi) is 8.05. The van der Waals surface area contributed by atoms with E-state index < -0.39 is 53.5 Å². The predicted molar refractivity (Wildman–Crippen MR) is 134 cm³/mol. The molecule has 7 atom stereocenters. The van der Waals surface area contributed by atoms with Gasteiger partial charge in [-0.25, -0.2) is 9.37 Å². The van der Waals surface area contributed by atoms with Gasteiger partial charge in [-0.05, 0) is 51.5 Å². The zero-order valence-electron chi connectivity index (χ0n) is 21.5. The maximum atomic E-state index is 15.3. The maximum Gasteiger partial charge on any atom is 0.309 e. The van der Waals surface area contributed by atoms with Gasteiger partial charge in [0.1, 0.15) is 11.6 Å². The van der Waals surface area contributed by atoms with E-state index in [1.807, 2.05) is 20.8 Å². The molecular formula is C27H38FNO6S. The van der Waals surface area contributed by atoms with Gasteiger partial charge in [0.05, 0.1) is 46.5 Å². The molecule has 3 fully saturated rings. The highest BCUT2D eigenvalue weighted by Gasteiger charge is 2.55. The summed E-state index contributed by atoms with van der Waals surface area (Å²) in [7, 11) is 0. The largest absolute Gasteiger partial charge is 0.455 e. The lowest BCUT2D eigenvalue weighted by Gasteiger charge is -2.46. The fraction of sp³-hybridized carbons (Fsp3) is 0.741. The number of ketones is 1. The third-order valence-electron chi connectivity index (χ3n) is 8.54. The Morgan fingerprint density at radius 2 is 1.94 bits per heavy atom. The molecule has 36 heavy (non-hydrogen) atoms. The molecule has 2 aliphatic heterocycles. The molecule has 3 aliphatic rings. The van der Waals surface area contributed by atoms with Crippen LogP contribution >= 0.6 is 11.3 Å². The smallest absolute Gasteiger partial charge is 0.309 e. The SMILES string of the molecule is Cc1nc(/C=C(\F)[C@@H]2CC3OC3(C)CCC[C@H](C)[C@H](O)[C@@H](C)C(=O)C3(CCC3)[C@H](O)CC(=O)O2)cs1. The van der Waals surface area contributed by atoms with Crippen LogP contribution in [0.4, 0.5) is 4.39 Å². The predicted octanol–water partition coefficient (Wildman–Crippen LogP) is 4.53. The molecule has 200 valence electrons. The normalized spacial score (nSPS) is 38.2. The van der Waals surface area contributed by atoms with E-state index in [4.69, 9.17) is 9.47 Å². The van der Waals surface area contributed by atoms with E-state index in [9.17, 15) is 19.8 Å². The van der Waals surface area contributed by atoms with E-state index in [0.29, 0.717) is 18.5 Å².